The Hall–Kier alpha value is -2.17. The average Bonchev–Trinajstić information content (AvgIpc) is 3.26. The Morgan fingerprint density at radius 1 is 1.19 bits per heavy atom. The largest absolute Gasteiger partial charge is 0.385 e. The summed E-state index contributed by atoms with van der Waals surface area (Å²) in [6, 6.07) is 16.6. The van der Waals surface area contributed by atoms with E-state index in [2.05, 4.69) is 47.1 Å². The van der Waals surface area contributed by atoms with Gasteiger partial charge in [-0.3, -0.25) is 4.90 Å². The van der Waals surface area contributed by atoms with Crippen molar-refractivity contribution >= 4 is 11.0 Å². The van der Waals surface area contributed by atoms with Crippen LogP contribution in [0.25, 0.3) is 11.0 Å². The number of aliphatic hydroxyl groups is 1. The van der Waals surface area contributed by atoms with E-state index in [0.717, 1.165) is 54.9 Å². The number of H-pyrrole nitrogens is 1. The van der Waals surface area contributed by atoms with E-state index in [1.54, 1.807) is 0 Å². The molecule has 0 unspecified atom stereocenters. The van der Waals surface area contributed by atoms with Gasteiger partial charge in [-0.1, -0.05) is 36.4 Å². The Kier molecular flexibility index (Phi) is 4.06. The third kappa shape index (κ3) is 2.97. The third-order valence-corrected chi connectivity index (χ3v) is 6.60. The summed E-state index contributed by atoms with van der Waals surface area (Å²) in [7, 11) is 0. The van der Waals surface area contributed by atoms with Gasteiger partial charge in [0.2, 0.25) is 0 Å². The molecule has 1 saturated carbocycles. The summed E-state index contributed by atoms with van der Waals surface area (Å²) >= 11 is 0. The molecule has 2 aliphatic rings. The number of benzene rings is 2. The second kappa shape index (κ2) is 6.47. The van der Waals surface area contributed by atoms with Crippen LogP contribution in [0.15, 0.2) is 48.5 Å². The maximum absolute atomic E-state index is 11.6. The van der Waals surface area contributed by atoms with Crippen molar-refractivity contribution in [1.29, 1.82) is 0 Å². The smallest absolute Gasteiger partial charge is 0.121 e. The van der Waals surface area contributed by atoms with Crippen LogP contribution in [0.4, 0.5) is 0 Å². The number of aryl methyl sites for hydroxylation is 1. The molecule has 4 nitrogen and oxygen atoms in total. The van der Waals surface area contributed by atoms with Crippen molar-refractivity contribution in [3.8, 4) is 0 Å². The molecule has 1 saturated heterocycles. The molecule has 0 bridgehead atoms. The van der Waals surface area contributed by atoms with Crippen LogP contribution >= 0.6 is 0 Å². The van der Waals surface area contributed by atoms with Crippen molar-refractivity contribution < 1.29 is 5.11 Å². The molecule has 0 radical (unpaired) electrons. The minimum atomic E-state index is -0.691. The van der Waals surface area contributed by atoms with E-state index in [4.69, 9.17) is 4.98 Å². The molecule has 4 heteroatoms. The number of aromatic amines is 1. The molecule has 3 aromatic rings. The van der Waals surface area contributed by atoms with E-state index in [0.29, 0.717) is 11.8 Å². The van der Waals surface area contributed by atoms with Gasteiger partial charge < -0.3 is 10.1 Å². The number of likely N-dealkylation sites (tertiary alicyclic amines) is 1. The van der Waals surface area contributed by atoms with Crippen molar-refractivity contribution in [1.82, 2.24) is 14.9 Å². The number of nitrogens with zero attached hydrogens (tertiary/aromatic N) is 2. The highest BCUT2D eigenvalue weighted by Gasteiger charge is 2.49. The second-order valence-electron chi connectivity index (χ2n) is 8.45. The van der Waals surface area contributed by atoms with Gasteiger partial charge in [-0.2, -0.15) is 0 Å². The predicted octanol–water partition coefficient (Wildman–Crippen LogP) is 3.99. The fourth-order valence-electron chi connectivity index (χ4n) is 5.29. The summed E-state index contributed by atoms with van der Waals surface area (Å²) in [4.78, 5) is 10.7. The summed E-state index contributed by atoms with van der Waals surface area (Å²) in [5, 5.41) is 11.6. The number of fused-ring (bicyclic) bond motifs is 2. The van der Waals surface area contributed by atoms with Gasteiger partial charge in [0.15, 0.2) is 0 Å². The highest BCUT2D eigenvalue weighted by Crippen LogP contribution is 2.48. The Labute approximate surface area is 160 Å². The van der Waals surface area contributed by atoms with Crippen LogP contribution in [-0.4, -0.2) is 33.1 Å². The van der Waals surface area contributed by atoms with Gasteiger partial charge in [0.05, 0.1) is 23.2 Å². The molecule has 140 valence electrons. The molecular formula is C23H27N3O. The Morgan fingerprint density at radius 3 is 2.89 bits per heavy atom. The van der Waals surface area contributed by atoms with E-state index >= 15 is 0 Å². The third-order valence-electron chi connectivity index (χ3n) is 6.60. The van der Waals surface area contributed by atoms with Crippen molar-refractivity contribution in [2.45, 2.75) is 38.3 Å². The maximum Gasteiger partial charge on any atom is 0.121 e. The monoisotopic (exact) mass is 361 g/mol. The molecule has 3 atom stereocenters. The lowest BCUT2D eigenvalue weighted by atomic mass is 9.67. The SMILES string of the molecule is Cc1ccc2nc(CN3C[C@@H]4CCC[C@@](O)(c5ccccc5)[C@@H]4C3)[nH]c2c1. The van der Waals surface area contributed by atoms with Gasteiger partial charge in [0.25, 0.3) is 0 Å². The lowest BCUT2D eigenvalue weighted by Gasteiger charge is -2.41. The number of nitrogens with one attached hydrogen (secondary N) is 1. The van der Waals surface area contributed by atoms with Gasteiger partial charge in [-0.15, -0.1) is 0 Å². The summed E-state index contributed by atoms with van der Waals surface area (Å²) in [5.74, 6) is 1.90. The quantitative estimate of drug-likeness (QED) is 0.742. The zero-order valence-corrected chi connectivity index (χ0v) is 15.9. The standard InChI is InChI=1S/C23H27N3O/c1-16-9-10-20-21(12-16)25-22(24-20)15-26-13-17-6-5-11-23(27,19(17)14-26)18-7-3-2-4-8-18/h2-4,7-10,12,17,19,27H,5-6,11,13-15H2,1H3,(H,24,25)/t17-,19+,23+/m0/s1. The normalized spacial score (nSPS) is 28.5. The lowest BCUT2D eigenvalue weighted by Crippen LogP contribution is -2.42. The van der Waals surface area contributed by atoms with Crippen LogP contribution < -0.4 is 0 Å². The Balaban J connectivity index is 1.37. The van der Waals surface area contributed by atoms with E-state index < -0.39 is 5.60 Å². The molecule has 27 heavy (non-hydrogen) atoms. The highest BCUT2D eigenvalue weighted by atomic mass is 16.3. The van der Waals surface area contributed by atoms with Crippen molar-refractivity contribution in [3.63, 3.8) is 0 Å². The summed E-state index contributed by atoms with van der Waals surface area (Å²) in [6.07, 6.45) is 3.19. The molecule has 0 spiro atoms. The molecule has 1 aromatic heterocycles. The molecule has 2 aromatic carbocycles. The second-order valence-corrected chi connectivity index (χ2v) is 8.45. The lowest BCUT2D eigenvalue weighted by molar-refractivity contribution is -0.0648. The fourth-order valence-corrected chi connectivity index (χ4v) is 5.29. The van der Waals surface area contributed by atoms with Crippen LogP contribution in [-0.2, 0) is 12.1 Å². The first-order chi connectivity index (χ1) is 13.1. The molecule has 2 heterocycles. The molecule has 5 rings (SSSR count). The van der Waals surface area contributed by atoms with Crippen molar-refractivity contribution in [3.05, 3.63) is 65.5 Å². The van der Waals surface area contributed by atoms with Crippen molar-refractivity contribution in [2.24, 2.45) is 11.8 Å². The Bertz CT molecular complexity index is 951. The average molecular weight is 361 g/mol. The predicted molar refractivity (Wildman–Crippen MR) is 107 cm³/mol. The minimum absolute atomic E-state index is 0.306. The zero-order valence-electron chi connectivity index (χ0n) is 15.9. The molecule has 1 aliphatic heterocycles. The first-order valence-electron chi connectivity index (χ1n) is 10.1. The van der Waals surface area contributed by atoms with Gasteiger partial charge in [-0.05, 0) is 55.4 Å². The highest BCUT2D eigenvalue weighted by molar-refractivity contribution is 5.75. The van der Waals surface area contributed by atoms with Gasteiger partial charge in [0, 0.05) is 19.0 Å². The molecule has 2 N–H and O–H groups in total. The van der Waals surface area contributed by atoms with Crippen molar-refractivity contribution in [2.75, 3.05) is 13.1 Å². The first-order valence-corrected chi connectivity index (χ1v) is 10.1. The number of rotatable bonds is 3. The fraction of sp³-hybridized carbons (Fsp3) is 0.435. The van der Waals surface area contributed by atoms with Crippen LogP contribution in [0.1, 0.15) is 36.2 Å². The number of hydrogen-bond acceptors (Lipinski definition) is 3. The zero-order chi connectivity index (χ0) is 18.4. The number of imidazole rings is 1. The van der Waals surface area contributed by atoms with Crippen LogP contribution in [0.2, 0.25) is 0 Å². The van der Waals surface area contributed by atoms with Crippen LogP contribution in [0.5, 0.6) is 0 Å². The first kappa shape index (κ1) is 17.0. The van der Waals surface area contributed by atoms with E-state index in [1.807, 2.05) is 18.2 Å². The summed E-state index contributed by atoms with van der Waals surface area (Å²) < 4.78 is 0. The van der Waals surface area contributed by atoms with Crippen LogP contribution in [0, 0.1) is 18.8 Å². The van der Waals surface area contributed by atoms with Gasteiger partial charge in [-0.25, -0.2) is 4.98 Å². The van der Waals surface area contributed by atoms with E-state index in [9.17, 15) is 5.11 Å². The molecular weight excluding hydrogens is 334 g/mol. The molecule has 0 amide bonds. The number of hydrogen-bond donors (Lipinski definition) is 2. The molecule has 2 fully saturated rings. The molecule has 1 aliphatic carbocycles. The minimum Gasteiger partial charge on any atom is -0.385 e. The summed E-state index contributed by atoms with van der Waals surface area (Å²) in [5.41, 5.74) is 3.79. The number of aromatic nitrogens is 2. The van der Waals surface area contributed by atoms with Gasteiger partial charge in [0.1, 0.15) is 5.82 Å². The topological polar surface area (TPSA) is 52.1 Å². The maximum atomic E-state index is 11.6. The Morgan fingerprint density at radius 2 is 2.04 bits per heavy atom. The van der Waals surface area contributed by atoms with Crippen LogP contribution in [0.3, 0.4) is 0 Å². The van der Waals surface area contributed by atoms with E-state index in [1.165, 1.54) is 12.0 Å². The summed E-state index contributed by atoms with van der Waals surface area (Å²) in [6.45, 7) is 4.92. The van der Waals surface area contributed by atoms with Gasteiger partial charge >= 0.3 is 0 Å². The van der Waals surface area contributed by atoms with E-state index in [-0.39, 0.29) is 0 Å².